The summed E-state index contributed by atoms with van der Waals surface area (Å²) in [6.07, 6.45) is 9.54. The molecule has 0 heterocycles. The summed E-state index contributed by atoms with van der Waals surface area (Å²) in [5.74, 6) is -0.957. The third-order valence-electron chi connectivity index (χ3n) is 8.81. The van der Waals surface area contributed by atoms with Gasteiger partial charge in [0.1, 0.15) is 11.3 Å². The summed E-state index contributed by atoms with van der Waals surface area (Å²) in [6, 6.07) is 30.3. The average Bonchev–Trinajstić information content (AvgIpc) is 3.09. The Balaban J connectivity index is 1.48. The normalized spacial score (nSPS) is 15.3. The van der Waals surface area contributed by atoms with Crippen molar-refractivity contribution >= 4 is 24.5 Å². The van der Waals surface area contributed by atoms with Gasteiger partial charge < -0.3 is 20.5 Å². The minimum absolute atomic E-state index is 0.0119. The van der Waals surface area contributed by atoms with Crippen LogP contribution in [0.4, 0.5) is 0 Å². The summed E-state index contributed by atoms with van der Waals surface area (Å²) in [5, 5.41) is 25.0. The van der Waals surface area contributed by atoms with Crippen LogP contribution in [0.3, 0.4) is 0 Å². The molecule has 8 nitrogen and oxygen atoms in total. The highest BCUT2D eigenvalue weighted by atomic mass is 31.2. The van der Waals surface area contributed by atoms with Gasteiger partial charge in [-0.1, -0.05) is 130 Å². The number of aliphatic carboxylic acids is 1. The smallest absolute Gasteiger partial charge is 0.459 e. The van der Waals surface area contributed by atoms with Gasteiger partial charge in [-0.05, 0) is 60.7 Å². The molecule has 2 unspecified atom stereocenters. The Labute approximate surface area is 285 Å². The van der Waals surface area contributed by atoms with E-state index in [0.29, 0.717) is 18.2 Å². The third-order valence-corrected chi connectivity index (χ3v) is 10.5. The summed E-state index contributed by atoms with van der Waals surface area (Å²) in [6.45, 7) is 2.91. The molecule has 4 aromatic rings. The number of benzene rings is 4. The van der Waals surface area contributed by atoms with Crippen LogP contribution < -0.4 is 15.3 Å². The molecule has 9 heteroatoms. The number of aliphatic hydroxyl groups excluding tert-OH is 1. The van der Waals surface area contributed by atoms with Gasteiger partial charge in [0.05, 0.1) is 18.8 Å². The van der Waals surface area contributed by atoms with E-state index >= 15 is 0 Å². The molecule has 4 aromatic carbocycles. The monoisotopic (exact) mass is 674 g/mol. The molecule has 0 spiro atoms. The lowest BCUT2D eigenvalue weighted by molar-refractivity contribution is -0.143. The molecule has 0 fully saturated rings. The van der Waals surface area contributed by atoms with Crippen molar-refractivity contribution in [2.24, 2.45) is 5.73 Å². The van der Waals surface area contributed by atoms with Crippen molar-refractivity contribution in [1.29, 1.82) is 0 Å². The first-order valence-electron chi connectivity index (χ1n) is 17.0. The number of nitrogens with one attached hydrogen (secondary N) is 1. The van der Waals surface area contributed by atoms with E-state index in [1.54, 1.807) is 24.3 Å². The number of carbonyl (C=O) groups is 1. The second-order valence-electron chi connectivity index (χ2n) is 13.1. The van der Waals surface area contributed by atoms with E-state index in [1.807, 2.05) is 48.5 Å². The maximum absolute atomic E-state index is 14.6. The van der Waals surface area contributed by atoms with Crippen LogP contribution in [0.5, 0.6) is 5.75 Å². The van der Waals surface area contributed by atoms with Crippen LogP contribution in [0, 0.1) is 0 Å². The minimum atomic E-state index is -4.41. The number of aliphatic hydroxyl groups is 1. The molecule has 258 valence electrons. The van der Waals surface area contributed by atoms with Crippen molar-refractivity contribution in [2.45, 2.75) is 89.1 Å². The largest absolute Gasteiger partial charge is 0.480 e. The number of aryl methyl sites for hydroxylation is 2. The van der Waals surface area contributed by atoms with Crippen LogP contribution in [0.15, 0.2) is 97.1 Å². The van der Waals surface area contributed by atoms with Crippen LogP contribution in [0.25, 0.3) is 10.8 Å². The number of carboxylic acids is 1. The molecule has 48 heavy (non-hydrogen) atoms. The second-order valence-corrected chi connectivity index (χ2v) is 14.8. The van der Waals surface area contributed by atoms with Gasteiger partial charge in [0, 0.05) is 11.8 Å². The fourth-order valence-corrected chi connectivity index (χ4v) is 7.53. The molecule has 0 saturated carbocycles. The molecule has 0 radical (unpaired) electrons. The van der Waals surface area contributed by atoms with E-state index in [-0.39, 0.29) is 18.8 Å². The van der Waals surface area contributed by atoms with Crippen LogP contribution in [0.2, 0.25) is 0 Å². The molecule has 0 amide bonds. The first kappa shape index (κ1) is 37.3. The zero-order chi connectivity index (χ0) is 34.5. The zero-order valence-corrected chi connectivity index (χ0v) is 29.2. The van der Waals surface area contributed by atoms with Gasteiger partial charge in [-0.3, -0.25) is 9.32 Å². The highest BCUT2D eigenvalue weighted by molar-refractivity contribution is 7.52. The number of hydrogen-bond acceptors (Lipinski definition) is 6. The summed E-state index contributed by atoms with van der Waals surface area (Å²) >= 11 is 0. The minimum Gasteiger partial charge on any atom is -0.480 e. The van der Waals surface area contributed by atoms with Crippen LogP contribution in [0.1, 0.15) is 75.5 Å². The van der Waals surface area contributed by atoms with Gasteiger partial charge >= 0.3 is 13.7 Å². The summed E-state index contributed by atoms with van der Waals surface area (Å²) < 4.78 is 26.7. The van der Waals surface area contributed by atoms with Crippen molar-refractivity contribution < 1.29 is 28.6 Å². The summed E-state index contributed by atoms with van der Waals surface area (Å²) in [4.78, 5) is 12.7. The van der Waals surface area contributed by atoms with Gasteiger partial charge in [0.25, 0.3) is 0 Å². The summed E-state index contributed by atoms with van der Waals surface area (Å²) in [7, 11) is -4.41. The van der Waals surface area contributed by atoms with Crippen molar-refractivity contribution in [3.63, 3.8) is 0 Å². The predicted molar refractivity (Wildman–Crippen MR) is 193 cm³/mol. The van der Waals surface area contributed by atoms with Crippen LogP contribution >= 0.6 is 7.75 Å². The SMILES string of the molecule is CCCCCCCCc1ccc(CCC(N)(CO)COP(=O)(N[C@](C)(Cc2ccccc2)C(=O)O)Oc2cccc3ccccc23)cc1. The van der Waals surface area contributed by atoms with Gasteiger partial charge in [-0.2, -0.15) is 5.09 Å². The lowest BCUT2D eigenvalue weighted by Crippen LogP contribution is -2.52. The Morgan fingerprint density at radius 1 is 0.812 bits per heavy atom. The van der Waals surface area contributed by atoms with Gasteiger partial charge in [-0.15, -0.1) is 0 Å². The fourth-order valence-electron chi connectivity index (χ4n) is 5.74. The number of unbranched alkanes of at least 4 members (excludes halogenated alkanes) is 5. The standard InChI is InChI=1S/C39H51N2O6P/c1-3-4-5-6-7-9-15-31-22-24-32(25-23-31)26-27-39(40,29-42)30-46-48(45,47-36-21-14-19-34-18-12-13-20-35(34)36)41-38(2,37(43)44)28-33-16-10-8-11-17-33/h8,10-14,16-25,42H,3-7,9,15,26-30,40H2,1-2H3,(H,41,45)(H,43,44)/t38-,39?,48?/m1/s1. The number of hydrogen-bond donors (Lipinski definition) is 4. The maximum Gasteiger partial charge on any atom is 0.459 e. The molecule has 5 N–H and O–H groups in total. The fraction of sp³-hybridized carbons (Fsp3) is 0.410. The molecule has 0 aromatic heterocycles. The van der Waals surface area contributed by atoms with Crippen molar-refractivity contribution in [2.75, 3.05) is 13.2 Å². The topological polar surface area (TPSA) is 131 Å². The van der Waals surface area contributed by atoms with E-state index in [0.717, 1.165) is 22.9 Å². The van der Waals surface area contributed by atoms with Gasteiger partial charge in [0.2, 0.25) is 0 Å². The van der Waals surface area contributed by atoms with E-state index in [4.69, 9.17) is 14.8 Å². The molecular weight excluding hydrogens is 623 g/mol. The second kappa shape index (κ2) is 17.8. The molecule has 4 rings (SSSR count). The zero-order valence-electron chi connectivity index (χ0n) is 28.3. The Morgan fingerprint density at radius 3 is 2.12 bits per heavy atom. The van der Waals surface area contributed by atoms with Crippen molar-refractivity contribution in [3.05, 3.63) is 114 Å². The molecule has 0 aliphatic heterocycles. The highest BCUT2D eigenvalue weighted by Gasteiger charge is 2.44. The molecular formula is C39H51N2O6P. The van der Waals surface area contributed by atoms with Crippen molar-refractivity contribution in [3.8, 4) is 5.75 Å². The average molecular weight is 675 g/mol. The quantitative estimate of drug-likeness (QED) is 0.0514. The van der Waals surface area contributed by atoms with E-state index in [1.165, 1.54) is 51.0 Å². The number of rotatable bonds is 21. The number of nitrogens with two attached hydrogens (primary N) is 1. The van der Waals surface area contributed by atoms with E-state index in [9.17, 15) is 19.6 Å². The van der Waals surface area contributed by atoms with Gasteiger partial charge in [0.15, 0.2) is 0 Å². The predicted octanol–water partition coefficient (Wildman–Crippen LogP) is 8.24. The lowest BCUT2D eigenvalue weighted by Gasteiger charge is -2.33. The summed E-state index contributed by atoms with van der Waals surface area (Å²) in [5.41, 5.74) is 6.74. The van der Waals surface area contributed by atoms with Gasteiger partial charge in [-0.25, -0.2) is 4.57 Å². The Morgan fingerprint density at radius 2 is 1.44 bits per heavy atom. The van der Waals surface area contributed by atoms with Crippen molar-refractivity contribution in [1.82, 2.24) is 5.09 Å². The first-order valence-corrected chi connectivity index (χ1v) is 18.6. The van der Waals surface area contributed by atoms with E-state index < -0.39 is 31.4 Å². The molecule has 0 saturated heterocycles. The number of fused-ring (bicyclic) bond motifs is 1. The first-order chi connectivity index (χ1) is 23.1. The van der Waals surface area contributed by atoms with Crippen LogP contribution in [-0.4, -0.2) is 40.5 Å². The Bertz CT molecular complexity index is 1630. The highest BCUT2D eigenvalue weighted by Crippen LogP contribution is 2.49. The molecule has 0 aliphatic carbocycles. The molecule has 0 aliphatic rings. The van der Waals surface area contributed by atoms with E-state index in [2.05, 4.69) is 36.3 Å². The third kappa shape index (κ3) is 11.0. The Kier molecular flexibility index (Phi) is 13.8. The molecule has 3 atom stereocenters. The maximum atomic E-state index is 14.6. The number of carboxylic acid groups (broad SMARTS) is 1. The lowest BCUT2D eigenvalue weighted by atomic mass is 9.93. The Hall–Kier alpha value is -3.52. The molecule has 0 bridgehead atoms. The van der Waals surface area contributed by atoms with Crippen LogP contribution in [-0.2, 0) is 33.1 Å².